The van der Waals surface area contributed by atoms with Crippen molar-refractivity contribution in [2.24, 2.45) is 0 Å². The molecule has 0 aliphatic carbocycles. The van der Waals surface area contributed by atoms with E-state index in [9.17, 15) is 5.11 Å². The lowest BCUT2D eigenvalue weighted by Gasteiger charge is -2.30. The van der Waals surface area contributed by atoms with E-state index in [4.69, 9.17) is 4.74 Å². The van der Waals surface area contributed by atoms with Crippen molar-refractivity contribution in [2.75, 3.05) is 19.0 Å². The summed E-state index contributed by atoms with van der Waals surface area (Å²) in [5.41, 5.74) is -0.339. The first-order valence-electron chi connectivity index (χ1n) is 5.44. The Bertz CT molecular complexity index is 301. The predicted octanol–water partition coefficient (Wildman–Crippen LogP) is 1.45. The van der Waals surface area contributed by atoms with Gasteiger partial charge in [-0.1, -0.05) is 13.8 Å². The van der Waals surface area contributed by atoms with Crippen LogP contribution in [-0.4, -0.2) is 34.3 Å². The first kappa shape index (κ1) is 12.7. The minimum absolute atomic E-state index is 0.0649. The molecule has 0 aromatic carbocycles. The van der Waals surface area contributed by atoms with E-state index in [-0.39, 0.29) is 12.1 Å². The number of anilines is 1. The maximum Gasteiger partial charge on any atom is 0.223 e. The van der Waals surface area contributed by atoms with Gasteiger partial charge in [0, 0.05) is 0 Å². The Balaban J connectivity index is 2.77. The van der Waals surface area contributed by atoms with Crippen molar-refractivity contribution >= 4 is 5.95 Å². The van der Waals surface area contributed by atoms with E-state index < -0.39 is 0 Å². The van der Waals surface area contributed by atoms with Crippen LogP contribution in [0.5, 0.6) is 5.75 Å². The number of aromatic nitrogens is 2. The van der Waals surface area contributed by atoms with Gasteiger partial charge in [0.25, 0.3) is 0 Å². The molecular formula is C11H19N3O2. The Labute approximate surface area is 95.9 Å². The molecule has 5 nitrogen and oxygen atoms in total. The van der Waals surface area contributed by atoms with Crippen LogP contribution in [0.15, 0.2) is 12.4 Å². The number of rotatable bonds is 6. The second kappa shape index (κ2) is 5.65. The van der Waals surface area contributed by atoms with Crippen molar-refractivity contribution in [1.29, 1.82) is 0 Å². The van der Waals surface area contributed by atoms with Crippen molar-refractivity contribution < 1.29 is 9.84 Å². The molecular weight excluding hydrogens is 206 g/mol. The molecule has 1 aromatic heterocycles. The summed E-state index contributed by atoms with van der Waals surface area (Å²) in [6.07, 6.45) is 4.83. The van der Waals surface area contributed by atoms with Crippen molar-refractivity contribution in [2.45, 2.75) is 32.2 Å². The highest BCUT2D eigenvalue weighted by molar-refractivity contribution is 5.31. The lowest BCUT2D eigenvalue weighted by Crippen LogP contribution is -2.41. The van der Waals surface area contributed by atoms with Gasteiger partial charge in [0.2, 0.25) is 5.95 Å². The molecule has 2 N–H and O–H groups in total. The summed E-state index contributed by atoms with van der Waals surface area (Å²) in [4.78, 5) is 8.24. The highest BCUT2D eigenvalue weighted by atomic mass is 16.5. The van der Waals surface area contributed by atoms with Gasteiger partial charge in [-0.05, 0) is 12.8 Å². The average molecular weight is 225 g/mol. The van der Waals surface area contributed by atoms with Crippen LogP contribution < -0.4 is 10.1 Å². The van der Waals surface area contributed by atoms with Gasteiger partial charge < -0.3 is 15.2 Å². The average Bonchev–Trinajstić information content (AvgIpc) is 2.37. The molecule has 0 amide bonds. The molecule has 0 fully saturated rings. The fourth-order valence-corrected chi connectivity index (χ4v) is 1.41. The van der Waals surface area contributed by atoms with Crippen LogP contribution in [0, 0.1) is 0 Å². The van der Waals surface area contributed by atoms with E-state index in [1.54, 1.807) is 19.5 Å². The molecule has 0 radical (unpaired) electrons. The number of ether oxygens (including phenoxy) is 1. The van der Waals surface area contributed by atoms with Gasteiger partial charge in [0.15, 0.2) is 5.75 Å². The van der Waals surface area contributed by atoms with E-state index in [0.717, 1.165) is 12.8 Å². The summed E-state index contributed by atoms with van der Waals surface area (Å²) < 4.78 is 4.98. The van der Waals surface area contributed by atoms with Gasteiger partial charge in [-0.15, -0.1) is 0 Å². The molecule has 90 valence electrons. The number of nitrogens with one attached hydrogen (secondary N) is 1. The molecule has 5 heteroatoms. The van der Waals surface area contributed by atoms with E-state index in [2.05, 4.69) is 15.3 Å². The number of hydrogen-bond acceptors (Lipinski definition) is 5. The van der Waals surface area contributed by atoms with Crippen LogP contribution in [0.3, 0.4) is 0 Å². The number of nitrogens with zero attached hydrogens (tertiary/aromatic N) is 2. The van der Waals surface area contributed by atoms with Gasteiger partial charge in [-0.3, -0.25) is 0 Å². The third-order valence-corrected chi connectivity index (χ3v) is 2.90. The van der Waals surface area contributed by atoms with Crippen LogP contribution in [0.25, 0.3) is 0 Å². The van der Waals surface area contributed by atoms with Crippen LogP contribution in [0.4, 0.5) is 5.95 Å². The first-order valence-corrected chi connectivity index (χ1v) is 5.44. The SMILES string of the molecule is CCC(CC)(CO)Nc1ncc(OC)cn1. The van der Waals surface area contributed by atoms with Crippen molar-refractivity contribution in [3.05, 3.63) is 12.4 Å². The quantitative estimate of drug-likeness (QED) is 0.767. The largest absolute Gasteiger partial charge is 0.494 e. The highest BCUT2D eigenvalue weighted by Crippen LogP contribution is 2.19. The zero-order chi connectivity index (χ0) is 12.0. The van der Waals surface area contributed by atoms with Gasteiger partial charge in [0.05, 0.1) is 31.6 Å². The summed E-state index contributed by atoms with van der Waals surface area (Å²) >= 11 is 0. The second-order valence-corrected chi connectivity index (χ2v) is 3.72. The monoisotopic (exact) mass is 225 g/mol. The number of methoxy groups -OCH3 is 1. The lowest BCUT2D eigenvalue weighted by molar-refractivity contribution is 0.201. The molecule has 0 saturated heterocycles. The second-order valence-electron chi connectivity index (χ2n) is 3.72. The molecule has 0 bridgehead atoms. The van der Waals surface area contributed by atoms with E-state index in [0.29, 0.717) is 11.7 Å². The molecule has 1 heterocycles. The Morgan fingerprint density at radius 3 is 2.25 bits per heavy atom. The number of aliphatic hydroxyl groups is 1. The van der Waals surface area contributed by atoms with Gasteiger partial charge in [-0.2, -0.15) is 0 Å². The zero-order valence-electron chi connectivity index (χ0n) is 10.0. The maximum atomic E-state index is 9.40. The van der Waals surface area contributed by atoms with E-state index in [1.807, 2.05) is 13.8 Å². The molecule has 0 unspecified atom stereocenters. The van der Waals surface area contributed by atoms with Crippen molar-refractivity contribution in [1.82, 2.24) is 9.97 Å². The molecule has 1 rings (SSSR count). The Morgan fingerprint density at radius 1 is 1.31 bits per heavy atom. The predicted molar refractivity (Wildman–Crippen MR) is 62.6 cm³/mol. The molecule has 0 atom stereocenters. The van der Waals surface area contributed by atoms with Crippen LogP contribution in [0.1, 0.15) is 26.7 Å². The van der Waals surface area contributed by atoms with Crippen molar-refractivity contribution in [3.63, 3.8) is 0 Å². The molecule has 1 aromatic rings. The first-order chi connectivity index (χ1) is 7.69. The van der Waals surface area contributed by atoms with Gasteiger partial charge >= 0.3 is 0 Å². The molecule has 0 spiro atoms. The lowest BCUT2D eigenvalue weighted by atomic mass is 9.94. The fraction of sp³-hybridized carbons (Fsp3) is 0.636. The maximum absolute atomic E-state index is 9.40. The van der Waals surface area contributed by atoms with Gasteiger partial charge in [-0.25, -0.2) is 9.97 Å². The Hall–Kier alpha value is -1.36. The minimum atomic E-state index is -0.339. The molecule has 0 saturated carbocycles. The van der Waals surface area contributed by atoms with E-state index >= 15 is 0 Å². The Morgan fingerprint density at radius 2 is 1.88 bits per heavy atom. The van der Waals surface area contributed by atoms with Crippen LogP contribution in [-0.2, 0) is 0 Å². The standard InChI is InChI=1S/C11H19N3O2/c1-4-11(5-2,8-15)14-10-12-6-9(16-3)7-13-10/h6-7,15H,4-5,8H2,1-3H3,(H,12,13,14). The zero-order valence-corrected chi connectivity index (χ0v) is 10.0. The topological polar surface area (TPSA) is 67.3 Å². The summed E-state index contributed by atoms with van der Waals surface area (Å²) in [5.74, 6) is 1.13. The third-order valence-electron chi connectivity index (χ3n) is 2.90. The van der Waals surface area contributed by atoms with Crippen molar-refractivity contribution in [3.8, 4) is 5.75 Å². The summed E-state index contributed by atoms with van der Waals surface area (Å²) in [6.45, 7) is 4.11. The molecule has 16 heavy (non-hydrogen) atoms. The number of aliphatic hydroxyl groups excluding tert-OH is 1. The van der Waals surface area contributed by atoms with Crippen LogP contribution in [0.2, 0.25) is 0 Å². The van der Waals surface area contributed by atoms with E-state index in [1.165, 1.54) is 0 Å². The molecule has 0 aliphatic rings. The summed E-state index contributed by atoms with van der Waals surface area (Å²) in [5, 5.41) is 12.6. The summed E-state index contributed by atoms with van der Waals surface area (Å²) in [6, 6.07) is 0. The Kier molecular flexibility index (Phi) is 4.49. The van der Waals surface area contributed by atoms with Crippen LogP contribution >= 0.6 is 0 Å². The number of hydrogen-bond donors (Lipinski definition) is 2. The van der Waals surface area contributed by atoms with Gasteiger partial charge in [0.1, 0.15) is 0 Å². The highest BCUT2D eigenvalue weighted by Gasteiger charge is 2.25. The summed E-state index contributed by atoms with van der Waals surface area (Å²) in [7, 11) is 1.57. The fourth-order valence-electron chi connectivity index (χ4n) is 1.41. The third kappa shape index (κ3) is 2.82. The minimum Gasteiger partial charge on any atom is -0.494 e. The molecule has 0 aliphatic heterocycles. The smallest absolute Gasteiger partial charge is 0.223 e. The normalized spacial score (nSPS) is 11.2.